The highest BCUT2D eigenvalue weighted by Crippen LogP contribution is 2.12. The van der Waals surface area contributed by atoms with Gasteiger partial charge < -0.3 is 10.6 Å². The van der Waals surface area contributed by atoms with Crippen LogP contribution in [-0.4, -0.2) is 21.8 Å². The van der Waals surface area contributed by atoms with Gasteiger partial charge in [0.05, 0.1) is 0 Å². The second kappa shape index (κ2) is 7.85. The molecule has 26 heavy (non-hydrogen) atoms. The molecule has 0 aliphatic carbocycles. The van der Waals surface area contributed by atoms with E-state index in [0.717, 1.165) is 5.56 Å². The van der Waals surface area contributed by atoms with Gasteiger partial charge in [0.1, 0.15) is 11.6 Å². The van der Waals surface area contributed by atoms with E-state index in [2.05, 4.69) is 27.2 Å². The van der Waals surface area contributed by atoms with E-state index < -0.39 is 0 Å². The largest absolute Gasteiger partial charge is 0.307 e. The molecule has 0 aliphatic rings. The molecule has 0 saturated carbocycles. The van der Waals surface area contributed by atoms with Crippen LogP contribution in [0.2, 0.25) is 0 Å². The van der Waals surface area contributed by atoms with Crippen LogP contribution in [0.1, 0.15) is 26.3 Å². The molecule has 128 valence electrons. The highest BCUT2D eigenvalue weighted by molar-refractivity contribution is 6.08. The van der Waals surface area contributed by atoms with E-state index >= 15 is 0 Å². The number of benzene rings is 1. The van der Waals surface area contributed by atoms with E-state index in [4.69, 9.17) is 0 Å². The van der Waals surface area contributed by atoms with Crippen molar-refractivity contribution in [3.63, 3.8) is 0 Å². The van der Waals surface area contributed by atoms with Gasteiger partial charge in [-0.25, -0.2) is 9.97 Å². The molecule has 0 aliphatic heterocycles. The Labute approximate surface area is 150 Å². The first-order valence-electron chi connectivity index (χ1n) is 7.88. The van der Waals surface area contributed by atoms with Gasteiger partial charge in [-0.3, -0.25) is 9.59 Å². The topological polar surface area (TPSA) is 84.0 Å². The molecule has 3 aromatic rings. The maximum atomic E-state index is 12.4. The van der Waals surface area contributed by atoms with Crippen molar-refractivity contribution in [2.75, 3.05) is 10.6 Å². The third-order valence-corrected chi connectivity index (χ3v) is 3.56. The number of nitrogens with one attached hydrogen (secondary N) is 2. The van der Waals surface area contributed by atoms with Crippen LogP contribution in [0.4, 0.5) is 11.6 Å². The van der Waals surface area contributed by atoms with Crippen molar-refractivity contribution in [2.45, 2.75) is 0 Å². The number of carbonyl (C=O) groups excluding carboxylic acids is 2. The zero-order chi connectivity index (χ0) is 18.4. The Hall–Kier alpha value is -3.80. The third-order valence-electron chi connectivity index (χ3n) is 3.56. The van der Waals surface area contributed by atoms with Crippen molar-refractivity contribution < 1.29 is 9.59 Å². The zero-order valence-electron chi connectivity index (χ0n) is 13.8. The summed E-state index contributed by atoms with van der Waals surface area (Å²) < 4.78 is 0. The fraction of sp³-hybridized carbons (Fsp3) is 0. The second-order valence-electron chi connectivity index (χ2n) is 5.38. The molecule has 2 aromatic heterocycles. The average Bonchev–Trinajstić information content (AvgIpc) is 2.69. The summed E-state index contributed by atoms with van der Waals surface area (Å²) in [6.07, 6.45) is 4.87. The smallest absolute Gasteiger partial charge is 0.256 e. The predicted molar refractivity (Wildman–Crippen MR) is 101 cm³/mol. The number of amides is 2. The number of nitrogens with zero attached hydrogens (tertiary/aromatic N) is 2. The van der Waals surface area contributed by atoms with Gasteiger partial charge in [0, 0.05) is 23.5 Å². The van der Waals surface area contributed by atoms with Crippen LogP contribution >= 0.6 is 0 Å². The van der Waals surface area contributed by atoms with Gasteiger partial charge in [-0.15, -0.1) is 0 Å². The predicted octanol–water partition coefficient (Wildman–Crippen LogP) is 3.62. The van der Waals surface area contributed by atoms with Crippen LogP contribution in [-0.2, 0) is 0 Å². The molecule has 2 N–H and O–H groups in total. The summed E-state index contributed by atoms with van der Waals surface area (Å²) in [6, 6.07) is 15.1. The summed E-state index contributed by atoms with van der Waals surface area (Å²) in [4.78, 5) is 32.9. The summed E-state index contributed by atoms with van der Waals surface area (Å²) in [5, 5.41) is 5.38. The molecule has 1 aromatic carbocycles. The van der Waals surface area contributed by atoms with E-state index in [1.807, 2.05) is 0 Å². The average molecular weight is 344 g/mol. The van der Waals surface area contributed by atoms with Gasteiger partial charge in [0.2, 0.25) is 0 Å². The van der Waals surface area contributed by atoms with Crippen LogP contribution in [0, 0.1) is 0 Å². The monoisotopic (exact) mass is 344 g/mol. The maximum absolute atomic E-state index is 12.4. The lowest BCUT2D eigenvalue weighted by atomic mass is 10.1. The van der Waals surface area contributed by atoms with Crippen LogP contribution in [0.15, 0.2) is 73.6 Å². The van der Waals surface area contributed by atoms with E-state index in [-0.39, 0.29) is 11.8 Å². The van der Waals surface area contributed by atoms with Gasteiger partial charge >= 0.3 is 0 Å². The summed E-state index contributed by atoms with van der Waals surface area (Å²) in [7, 11) is 0. The molecule has 6 nitrogen and oxygen atoms in total. The fourth-order valence-corrected chi connectivity index (χ4v) is 2.22. The van der Waals surface area contributed by atoms with Gasteiger partial charge in [0.25, 0.3) is 11.8 Å². The van der Waals surface area contributed by atoms with Gasteiger partial charge in [-0.2, -0.15) is 0 Å². The summed E-state index contributed by atoms with van der Waals surface area (Å²) in [5.41, 5.74) is 1.57. The molecule has 6 heteroatoms. The SMILES string of the molecule is C=Cc1ccc(NC(=O)c2cccc(C(=O)Nc3ccccn3)c2)nc1. The van der Waals surface area contributed by atoms with Crippen LogP contribution < -0.4 is 10.6 Å². The maximum Gasteiger partial charge on any atom is 0.256 e. The Morgan fingerprint density at radius 1 is 0.846 bits per heavy atom. The van der Waals surface area contributed by atoms with Crippen LogP contribution in [0.5, 0.6) is 0 Å². The normalized spacial score (nSPS) is 10.0. The van der Waals surface area contributed by atoms with Crippen molar-refractivity contribution in [3.05, 3.63) is 90.3 Å². The van der Waals surface area contributed by atoms with E-state index in [1.165, 1.54) is 6.07 Å². The quantitative estimate of drug-likeness (QED) is 0.740. The standard InChI is InChI=1S/C20H16N4O2/c1-2-14-9-10-18(22-13-14)24-20(26)16-7-5-6-15(12-16)19(25)23-17-8-3-4-11-21-17/h2-13H,1H2,(H,21,23,25)(H,22,24,26). The fourth-order valence-electron chi connectivity index (χ4n) is 2.22. The zero-order valence-corrected chi connectivity index (χ0v) is 13.8. The first kappa shape index (κ1) is 17.0. The van der Waals surface area contributed by atoms with Crippen molar-refractivity contribution in [1.29, 1.82) is 0 Å². The van der Waals surface area contributed by atoms with Gasteiger partial charge in [-0.05, 0) is 48.0 Å². The lowest BCUT2D eigenvalue weighted by molar-refractivity contribution is 0.102. The molecule has 0 spiro atoms. The molecular formula is C20H16N4O2. The molecule has 2 amide bonds. The highest BCUT2D eigenvalue weighted by atomic mass is 16.2. The first-order chi connectivity index (χ1) is 12.7. The second-order valence-corrected chi connectivity index (χ2v) is 5.38. The molecule has 0 atom stereocenters. The lowest BCUT2D eigenvalue weighted by Crippen LogP contribution is -2.16. The summed E-state index contributed by atoms with van der Waals surface area (Å²) in [5.74, 6) is 0.172. The number of anilines is 2. The minimum atomic E-state index is -0.351. The number of hydrogen-bond acceptors (Lipinski definition) is 4. The van der Waals surface area contributed by atoms with Crippen LogP contribution in [0.25, 0.3) is 6.08 Å². The number of carbonyl (C=O) groups is 2. The highest BCUT2D eigenvalue weighted by Gasteiger charge is 2.11. The Balaban J connectivity index is 1.72. The van der Waals surface area contributed by atoms with E-state index in [9.17, 15) is 9.59 Å². The number of rotatable bonds is 5. The Morgan fingerprint density at radius 3 is 2.08 bits per heavy atom. The Bertz CT molecular complexity index is 938. The molecule has 0 fully saturated rings. The van der Waals surface area contributed by atoms with Gasteiger partial charge in [0.15, 0.2) is 0 Å². The molecule has 2 heterocycles. The number of aromatic nitrogens is 2. The van der Waals surface area contributed by atoms with Crippen molar-refractivity contribution in [2.24, 2.45) is 0 Å². The van der Waals surface area contributed by atoms with Crippen LogP contribution in [0.3, 0.4) is 0 Å². The van der Waals surface area contributed by atoms with Crippen molar-refractivity contribution in [1.82, 2.24) is 9.97 Å². The Morgan fingerprint density at radius 2 is 1.54 bits per heavy atom. The summed E-state index contributed by atoms with van der Waals surface area (Å²) >= 11 is 0. The minimum Gasteiger partial charge on any atom is -0.307 e. The molecule has 0 saturated heterocycles. The molecule has 0 unspecified atom stereocenters. The van der Waals surface area contributed by atoms with Gasteiger partial charge in [-0.1, -0.05) is 24.8 Å². The molecule has 3 rings (SSSR count). The summed E-state index contributed by atoms with van der Waals surface area (Å²) in [6.45, 7) is 3.66. The van der Waals surface area contributed by atoms with Crippen molar-refractivity contribution >= 4 is 29.5 Å². The lowest BCUT2D eigenvalue weighted by Gasteiger charge is -2.07. The van der Waals surface area contributed by atoms with E-state index in [0.29, 0.717) is 22.8 Å². The first-order valence-corrected chi connectivity index (χ1v) is 7.88. The molecule has 0 radical (unpaired) electrons. The van der Waals surface area contributed by atoms with Crippen molar-refractivity contribution in [3.8, 4) is 0 Å². The molecular weight excluding hydrogens is 328 g/mol. The Kier molecular flexibility index (Phi) is 5.14. The third kappa shape index (κ3) is 4.18. The minimum absolute atomic E-state index is 0.341. The molecule has 0 bridgehead atoms. The number of hydrogen-bond donors (Lipinski definition) is 2. The number of pyridine rings is 2. The van der Waals surface area contributed by atoms with E-state index in [1.54, 1.807) is 67.0 Å².